The molecule has 0 aliphatic heterocycles. The molecule has 0 saturated heterocycles. The van der Waals surface area contributed by atoms with Crippen molar-refractivity contribution in [2.24, 2.45) is 11.8 Å². The van der Waals surface area contributed by atoms with Crippen LogP contribution >= 0.6 is 0 Å². The molecule has 2 nitrogen and oxygen atoms in total. The van der Waals surface area contributed by atoms with E-state index < -0.39 is 0 Å². The van der Waals surface area contributed by atoms with Crippen LogP contribution in [0.25, 0.3) is 0 Å². The van der Waals surface area contributed by atoms with Crippen LogP contribution in [0.2, 0.25) is 0 Å². The van der Waals surface area contributed by atoms with Gasteiger partial charge in [-0.15, -0.1) is 0 Å². The van der Waals surface area contributed by atoms with E-state index in [9.17, 15) is 0 Å². The number of hydrogen-bond acceptors (Lipinski definition) is 2. The minimum atomic E-state index is 0.417. The molecule has 1 aliphatic rings. The lowest BCUT2D eigenvalue weighted by atomic mass is 9.89. The number of benzene rings is 1. The molecule has 1 atom stereocenters. The summed E-state index contributed by atoms with van der Waals surface area (Å²) in [6, 6.07) is 7.20. The van der Waals surface area contributed by atoms with E-state index >= 15 is 0 Å². The normalized spacial score (nSPS) is 18.8. The number of nitrogens with one attached hydrogen (secondary N) is 1. The largest absolute Gasteiger partial charge is 0.271 e. The fraction of sp³-hybridized carbons (Fsp3) is 0.667. The molecule has 20 heavy (non-hydrogen) atoms. The molecule has 2 heteroatoms. The SMILES string of the molecule is Cc1ccc(CC(CC2CCCCCC2)NN)cc1C. The van der Waals surface area contributed by atoms with E-state index in [1.165, 1.54) is 61.6 Å². The Morgan fingerprint density at radius 2 is 1.80 bits per heavy atom. The van der Waals surface area contributed by atoms with Crippen molar-refractivity contribution in [1.29, 1.82) is 0 Å². The van der Waals surface area contributed by atoms with E-state index in [1.807, 2.05) is 0 Å². The molecule has 3 N–H and O–H groups in total. The maximum Gasteiger partial charge on any atom is 0.0253 e. The van der Waals surface area contributed by atoms with Crippen molar-refractivity contribution in [2.75, 3.05) is 0 Å². The Morgan fingerprint density at radius 1 is 1.10 bits per heavy atom. The van der Waals surface area contributed by atoms with Gasteiger partial charge >= 0.3 is 0 Å². The number of hydrogen-bond donors (Lipinski definition) is 2. The third kappa shape index (κ3) is 4.60. The molecule has 1 saturated carbocycles. The Morgan fingerprint density at radius 3 is 2.40 bits per heavy atom. The molecule has 0 bridgehead atoms. The Hall–Kier alpha value is -0.860. The predicted molar refractivity (Wildman–Crippen MR) is 86.5 cm³/mol. The van der Waals surface area contributed by atoms with Crippen molar-refractivity contribution in [3.8, 4) is 0 Å². The lowest BCUT2D eigenvalue weighted by molar-refractivity contribution is 0.352. The Bertz CT molecular complexity index is 406. The van der Waals surface area contributed by atoms with Crippen LogP contribution in [-0.2, 0) is 6.42 Å². The quantitative estimate of drug-likeness (QED) is 0.483. The Kier molecular flexibility index (Phi) is 6.06. The first kappa shape index (κ1) is 15.5. The molecule has 112 valence electrons. The average Bonchev–Trinajstić information content (AvgIpc) is 2.71. The fourth-order valence-corrected chi connectivity index (χ4v) is 3.43. The van der Waals surface area contributed by atoms with Crippen LogP contribution in [0.3, 0.4) is 0 Å². The molecular formula is C18H30N2. The van der Waals surface area contributed by atoms with Crippen LogP contribution in [0.5, 0.6) is 0 Å². The molecule has 0 amide bonds. The van der Waals surface area contributed by atoms with Gasteiger partial charge in [0.25, 0.3) is 0 Å². The Balaban J connectivity index is 1.92. The van der Waals surface area contributed by atoms with E-state index in [0.717, 1.165) is 12.3 Å². The van der Waals surface area contributed by atoms with Gasteiger partial charge in [0.2, 0.25) is 0 Å². The van der Waals surface area contributed by atoms with E-state index in [4.69, 9.17) is 5.84 Å². The highest BCUT2D eigenvalue weighted by atomic mass is 15.2. The van der Waals surface area contributed by atoms with E-state index in [-0.39, 0.29) is 0 Å². The van der Waals surface area contributed by atoms with Gasteiger partial charge in [-0.2, -0.15) is 0 Å². The summed E-state index contributed by atoms with van der Waals surface area (Å²) in [4.78, 5) is 0. The molecule has 0 heterocycles. The van der Waals surface area contributed by atoms with Crippen LogP contribution in [0.1, 0.15) is 61.6 Å². The van der Waals surface area contributed by atoms with Gasteiger partial charge < -0.3 is 0 Å². The van der Waals surface area contributed by atoms with Gasteiger partial charge in [-0.05, 0) is 49.3 Å². The Labute approximate surface area is 124 Å². The minimum Gasteiger partial charge on any atom is -0.271 e. The number of rotatable bonds is 5. The van der Waals surface area contributed by atoms with Gasteiger partial charge in [-0.25, -0.2) is 0 Å². The summed E-state index contributed by atoms with van der Waals surface area (Å²) in [6.07, 6.45) is 10.7. The third-order valence-corrected chi connectivity index (χ3v) is 4.88. The first-order valence-corrected chi connectivity index (χ1v) is 8.21. The van der Waals surface area contributed by atoms with Gasteiger partial charge in [0.1, 0.15) is 0 Å². The summed E-state index contributed by atoms with van der Waals surface area (Å²) in [5, 5.41) is 0. The lowest BCUT2D eigenvalue weighted by Gasteiger charge is -2.22. The van der Waals surface area contributed by atoms with Crippen molar-refractivity contribution < 1.29 is 0 Å². The van der Waals surface area contributed by atoms with E-state index in [2.05, 4.69) is 37.5 Å². The minimum absolute atomic E-state index is 0.417. The van der Waals surface area contributed by atoms with Gasteiger partial charge in [-0.3, -0.25) is 11.3 Å². The van der Waals surface area contributed by atoms with Gasteiger partial charge in [0, 0.05) is 6.04 Å². The van der Waals surface area contributed by atoms with Crippen molar-refractivity contribution in [2.45, 2.75) is 71.3 Å². The molecule has 2 rings (SSSR count). The maximum absolute atomic E-state index is 5.79. The van der Waals surface area contributed by atoms with Crippen molar-refractivity contribution in [3.05, 3.63) is 34.9 Å². The molecule has 1 aliphatic carbocycles. The number of nitrogens with two attached hydrogens (primary N) is 1. The van der Waals surface area contributed by atoms with Gasteiger partial charge in [-0.1, -0.05) is 56.7 Å². The number of hydrazine groups is 1. The zero-order valence-corrected chi connectivity index (χ0v) is 13.1. The van der Waals surface area contributed by atoms with Crippen LogP contribution in [-0.4, -0.2) is 6.04 Å². The van der Waals surface area contributed by atoms with E-state index in [1.54, 1.807) is 0 Å². The van der Waals surface area contributed by atoms with Crippen LogP contribution in [0.4, 0.5) is 0 Å². The first-order valence-electron chi connectivity index (χ1n) is 8.21. The standard InChI is InChI=1S/C18H30N2/c1-14-9-10-17(11-15(14)2)13-18(20-19)12-16-7-5-3-4-6-8-16/h9-11,16,18,20H,3-8,12-13,19H2,1-2H3. The molecule has 1 aromatic rings. The first-order chi connectivity index (χ1) is 9.69. The molecule has 1 unspecified atom stereocenters. The second-order valence-corrected chi connectivity index (χ2v) is 6.58. The van der Waals surface area contributed by atoms with Crippen molar-refractivity contribution in [3.63, 3.8) is 0 Å². The lowest BCUT2D eigenvalue weighted by Crippen LogP contribution is -2.38. The van der Waals surface area contributed by atoms with Gasteiger partial charge in [0.15, 0.2) is 0 Å². The van der Waals surface area contributed by atoms with Crippen LogP contribution < -0.4 is 11.3 Å². The molecule has 1 fully saturated rings. The van der Waals surface area contributed by atoms with Crippen LogP contribution in [0.15, 0.2) is 18.2 Å². The molecule has 1 aromatic carbocycles. The summed E-state index contributed by atoms with van der Waals surface area (Å²) in [6.45, 7) is 4.36. The average molecular weight is 274 g/mol. The van der Waals surface area contributed by atoms with Crippen molar-refractivity contribution in [1.82, 2.24) is 5.43 Å². The summed E-state index contributed by atoms with van der Waals surface area (Å²) in [7, 11) is 0. The monoisotopic (exact) mass is 274 g/mol. The third-order valence-electron chi connectivity index (χ3n) is 4.88. The zero-order chi connectivity index (χ0) is 14.4. The summed E-state index contributed by atoms with van der Waals surface area (Å²) in [5.74, 6) is 6.66. The number of aryl methyl sites for hydroxylation is 2. The highest BCUT2D eigenvalue weighted by molar-refractivity contribution is 5.30. The topological polar surface area (TPSA) is 38.0 Å². The van der Waals surface area contributed by atoms with Crippen molar-refractivity contribution >= 4 is 0 Å². The fourth-order valence-electron chi connectivity index (χ4n) is 3.43. The molecule has 0 spiro atoms. The van der Waals surface area contributed by atoms with E-state index in [0.29, 0.717) is 6.04 Å². The summed E-state index contributed by atoms with van der Waals surface area (Å²) in [5.41, 5.74) is 7.21. The van der Waals surface area contributed by atoms with Crippen LogP contribution in [0, 0.1) is 19.8 Å². The van der Waals surface area contributed by atoms with Gasteiger partial charge in [0.05, 0.1) is 0 Å². The summed E-state index contributed by atoms with van der Waals surface area (Å²) < 4.78 is 0. The smallest absolute Gasteiger partial charge is 0.0253 e. The molecule has 0 aromatic heterocycles. The second kappa shape index (κ2) is 7.80. The highest BCUT2D eigenvalue weighted by Gasteiger charge is 2.17. The maximum atomic E-state index is 5.79. The predicted octanol–water partition coefficient (Wildman–Crippen LogP) is 4.04. The molecule has 0 radical (unpaired) electrons. The summed E-state index contributed by atoms with van der Waals surface area (Å²) >= 11 is 0. The highest BCUT2D eigenvalue weighted by Crippen LogP contribution is 2.27. The molecular weight excluding hydrogens is 244 g/mol. The second-order valence-electron chi connectivity index (χ2n) is 6.58. The zero-order valence-electron chi connectivity index (χ0n) is 13.1.